The lowest BCUT2D eigenvalue weighted by Gasteiger charge is -2.14. The first-order chi connectivity index (χ1) is 16.3. The first-order valence-corrected chi connectivity index (χ1v) is 12.5. The van der Waals surface area contributed by atoms with Crippen LogP contribution in [0, 0.1) is 5.82 Å². The van der Waals surface area contributed by atoms with Gasteiger partial charge in [0.1, 0.15) is 5.82 Å². The van der Waals surface area contributed by atoms with Crippen LogP contribution in [0.4, 0.5) is 4.39 Å². The van der Waals surface area contributed by atoms with Gasteiger partial charge >= 0.3 is 0 Å². The van der Waals surface area contributed by atoms with Crippen LogP contribution in [0.15, 0.2) is 46.3 Å². The normalized spacial score (nSPS) is 12.4. The number of hydrogen-bond acceptors (Lipinski definition) is 5. The molecule has 0 spiro atoms. The highest BCUT2D eigenvalue weighted by Crippen LogP contribution is 2.29. The molecule has 0 aliphatic carbocycles. The van der Waals surface area contributed by atoms with Crippen molar-refractivity contribution in [2.45, 2.75) is 57.1 Å². The summed E-state index contributed by atoms with van der Waals surface area (Å²) in [6, 6.07) is 9.57. The number of fused-ring (bicyclic) bond motifs is 3. The van der Waals surface area contributed by atoms with Crippen LogP contribution >= 0.6 is 23.4 Å². The van der Waals surface area contributed by atoms with E-state index in [0.717, 1.165) is 12.8 Å². The predicted octanol–water partition coefficient (Wildman–Crippen LogP) is 5.07. The second-order valence-corrected chi connectivity index (χ2v) is 9.43. The van der Waals surface area contributed by atoms with E-state index in [2.05, 4.69) is 15.5 Å². The average Bonchev–Trinajstić information content (AvgIpc) is 3.25. The van der Waals surface area contributed by atoms with Crippen molar-refractivity contribution in [1.29, 1.82) is 0 Å². The standard InChI is InChI=1S/C24H25ClFN5O2S/c1-4-11-30-22(33)16-10-9-15(21(32)27-14(3)5-2)12-20(16)31-23(30)28-29-24(31)34-13-17-18(25)7-6-8-19(17)26/h6-10,12,14H,4-5,11,13H2,1-3H3,(H,27,32). The lowest BCUT2D eigenvalue weighted by Crippen LogP contribution is -2.32. The van der Waals surface area contributed by atoms with E-state index in [1.807, 2.05) is 20.8 Å². The van der Waals surface area contributed by atoms with Crippen LogP contribution in [0.3, 0.4) is 0 Å². The zero-order valence-corrected chi connectivity index (χ0v) is 20.7. The second-order valence-electron chi connectivity index (χ2n) is 8.08. The van der Waals surface area contributed by atoms with Crippen molar-refractivity contribution in [1.82, 2.24) is 24.5 Å². The van der Waals surface area contributed by atoms with Crippen LogP contribution in [0.1, 0.15) is 49.5 Å². The molecule has 178 valence electrons. The summed E-state index contributed by atoms with van der Waals surface area (Å²) in [7, 11) is 0. The number of aromatic nitrogens is 4. The van der Waals surface area contributed by atoms with Gasteiger partial charge in [0.05, 0.1) is 10.9 Å². The summed E-state index contributed by atoms with van der Waals surface area (Å²) in [5, 5.41) is 12.8. The summed E-state index contributed by atoms with van der Waals surface area (Å²) in [5.41, 5.74) is 1.13. The molecule has 2 aromatic heterocycles. The Morgan fingerprint density at radius 2 is 2.03 bits per heavy atom. The van der Waals surface area contributed by atoms with Gasteiger partial charge < -0.3 is 5.32 Å². The van der Waals surface area contributed by atoms with Crippen molar-refractivity contribution in [3.05, 3.63) is 68.7 Å². The molecule has 0 radical (unpaired) electrons. The third-order valence-electron chi connectivity index (χ3n) is 5.68. The molecule has 34 heavy (non-hydrogen) atoms. The van der Waals surface area contributed by atoms with Gasteiger partial charge in [0.25, 0.3) is 11.5 Å². The summed E-state index contributed by atoms with van der Waals surface area (Å²) in [6.45, 7) is 6.37. The summed E-state index contributed by atoms with van der Waals surface area (Å²) >= 11 is 7.46. The fraction of sp³-hybridized carbons (Fsp3) is 0.333. The molecule has 4 rings (SSSR count). The maximum Gasteiger partial charge on any atom is 0.262 e. The molecule has 1 amide bonds. The number of carbonyl (C=O) groups excluding carboxylic acids is 1. The summed E-state index contributed by atoms with van der Waals surface area (Å²) < 4.78 is 17.6. The molecule has 0 aliphatic heterocycles. The monoisotopic (exact) mass is 501 g/mol. The smallest absolute Gasteiger partial charge is 0.262 e. The van der Waals surface area contributed by atoms with Gasteiger partial charge in [0, 0.05) is 34.5 Å². The van der Waals surface area contributed by atoms with Crippen molar-refractivity contribution in [2.24, 2.45) is 0 Å². The number of hydrogen-bond donors (Lipinski definition) is 1. The van der Waals surface area contributed by atoms with Gasteiger partial charge in [-0.15, -0.1) is 10.2 Å². The van der Waals surface area contributed by atoms with E-state index in [4.69, 9.17) is 11.6 Å². The fourth-order valence-electron chi connectivity index (χ4n) is 3.66. The molecule has 10 heteroatoms. The number of nitrogens with zero attached hydrogens (tertiary/aromatic N) is 4. The van der Waals surface area contributed by atoms with Gasteiger partial charge in [-0.25, -0.2) is 4.39 Å². The second kappa shape index (κ2) is 10.1. The topological polar surface area (TPSA) is 81.3 Å². The molecule has 2 aromatic carbocycles. The van der Waals surface area contributed by atoms with Gasteiger partial charge in [-0.2, -0.15) is 0 Å². The third kappa shape index (κ3) is 4.54. The summed E-state index contributed by atoms with van der Waals surface area (Å²) in [4.78, 5) is 26.0. The molecule has 1 unspecified atom stereocenters. The number of nitrogens with one attached hydrogen (secondary N) is 1. The Kier molecular flexibility index (Phi) is 7.23. The van der Waals surface area contributed by atoms with Crippen molar-refractivity contribution >= 4 is 46.0 Å². The average molecular weight is 502 g/mol. The van der Waals surface area contributed by atoms with Crippen LogP contribution in [-0.4, -0.2) is 31.1 Å². The molecule has 4 aromatic rings. The van der Waals surface area contributed by atoms with Gasteiger partial charge in [-0.1, -0.05) is 43.3 Å². The molecule has 0 fully saturated rings. The lowest BCUT2D eigenvalue weighted by atomic mass is 10.1. The van der Waals surface area contributed by atoms with Crippen LogP contribution in [0.5, 0.6) is 0 Å². The molecule has 1 N–H and O–H groups in total. The fourth-order valence-corrected chi connectivity index (χ4v) is 4.94. The largest absolute Gasteiger partial charge is 0.350 e. The number of halogens is 2. The first-order valence-electron chi connectivity index (χ1n) is 11.1. The minimum atomic E-state index is -0.398. The van der Waals surface area contributed by atoms with E-state index in [1.54, 1.807) is 39.3 Å². The molecule has 7 nitrogen and oxygen atoms in total. The molecule has 0 aliphatic rings. The SMILES string of the molecule is CCCn1c(=O)c2ccc(C(=O)NC(C)CC)cc2n2c(SCc3c(F)cccc3Cl)nnc12. The maximum atomic E-state index is 14.3. The van der Waals surface area contributed by atoms with Crippen molar-refractivity contribution < 1.29 is 9.18 Å². The summed E-state index contributed by atoms with van der Waals surface area (Å²) in [5.74, 6) is -0.0105. The number of amides is 1. The molecular weight excluding hydrogens is 477 g/mol. The van der Waals surface area contributed by atoms with Crippen LogP contribution in [0.2, 0.25) is 5.02 Å². The van der Waals surface area contributed by atoms with Gasteiger partial charge in [0.2, 0.25) is 5.78 Å². The zero-order valence-electron chi connectivity index (χ0n) is 19.1. The zero-order chi connectivity index (χ0) is 24.4. The lowest BCUT2D eigenvalue weighted by molar-refractivity contribution is 0.0939. The molecule has 2 heterocycles. The molecule has 0 bridgehead atoms. The van der Waals surface area contributed by atoms with Crippen molar-refractivity contribution in [2.75, 3.05) is 0 Å². The van der Waals surface area contributed by atoms with Gasteiger partial charge in [-0.3, -0.25) is 18.6 Å². The Morgan fingerprint density at radius 1 is 1.24 bits per heavy atom. The van der Waals surface area contributed by atoms with Crippen molar-refractivity contribution in [3.63, 3.8) is 0 Å². The highest BCUT2D eigenvalue weighted by molar-refractivity contribution is 7.98. The third-order valence-corrected chi connectivity index (χ3v) is 6.99. The van der Waals surface area contributed by atoms with Crippen LogP contribution < -0.4 is 10.9 Å². The number of benzene rings is 2. The summed E-state index contributed by atoms with van der Waals surface area (Å²) in [6.07, 6.45) is 1.53. The minimum Gasteiger partial charge on any atom is -0.350 e. The van der Waals surface area contributed by atoms with E-state index >= 15 is 0 Å². The Balaban J connectivity index is 1.86. The Bertz CT molecular complexity index is 1410. The van der Waals surface area contributed by atoms with Crippen molar-refractivity contribution in [3.8, 4) is 0 Å². The number of rotatable bonds is 8. The van der Waals surface area contributed by atoms with Gasteiger partial charge in [0.15, 0.2) is 5.16 Å². The Labute approximate surface area is 205 Å². The minimum absolute atomic E-state index is 0.0207. The van der Waals surface area contributed by atoms with Crippen LogP contribution in [0.25, 0.3) is 16.7 Å². The quantitative estimate of drug-likeness (QED) is 0.341. The molecule has 0 saturated heterocycles. The highest BCUT2D eigenvalue weighted by atomic mass is 35.5. The van der Waals surface area contributed by atoms with E-state index in [-0.39, 0.29) is 23.3 Å². The Hall–Kier alpha value is -2.91. The highest BCUT2D eigenvalue weighted by Gasteiger charge is 2.19. The van der Waals surface area contributed by atoms with E-state index < -0.39 is 5.82 Å². The number of thioether (sulfide) groups is 1. The van der Waals surface area contributed by atoms with E-state index in [1.165, 1.54) is 17.8 Å². The molecule has 0 saturated carbocycles. The Morgan fingerprint density at radius 3 is 2.74 bits per heavy atom. The van der Waals surface area contributed by atoms with E-state index in [0.29, 0.717) is 44.5 Å². The molecule has 1 atom stereocenters. The number of aryl methyl sites for hydroxylation is 1. The van der Waals surface area contributed by atoms with Crippen LogP contribution in [-0.2, 0) is 12.3 Å². The molecular formula is C24H25ClFN5O2S. The number of carbonyl (C=O) groups is 1. The van der Waals surface area contributed by atoms with E-state index in [9.17, 15) is 14.0 Å². The first kappa shape index (κ1) is 24.2. The maximum absolute atomic E-state index is 14.3. The predicted molar refractivity (Wildman–Crippen MR) is 133 cm³/mol. The van der Waals surface area contributed by atoms with Gasteiger partial charge in [-0.05, 0) is 50.1 Å².